The maximum absolute atomic E-state index is 12.1. The van der Waals surface area contributed by atoms with E-state index in [2.05, 4.69) is 143 Å². The number of amides is 7. The minimum atomic E-state index is -0.908. The van der Waals surface area contributed by atoms with Gasteiger partial charge in [0.1, 0.15) is 25.4 Å². The summed E-state index contributed by atoms with van der Waals surface area (Å²) in [5.74, 6) is -2.47. The van der Waals surface area contributed by atoms with Crippen molar-refractivity contribution in [3.63, 3.8) is 0 Å². The van der Waals surface area contributed by atoms with Crippen LogP contribution in [0.4, 0.5) is 0 Å². The number of primary amides is 1. The molecule has 6 aromatic carbocycles. The Balaban J connectivity index is 0.000000170. The third-order valence-electron chi connectivity index (χ3n) is 17.9. The lowest BCUT2D eigenvalue weighted by Crippen LogP contribution is -2.47. The molecule has 0 spiro atoms. The van der Waals surface area contributed by atoms with Gasteiger partial charge in [-0.15, -0.1) is 0 Å². The van der Waals surface area contributed by atoms with E-state index in [0.29, 0.717) is 39.1 Å². The van der Waals surface area contributed by atoms with Crippen LogP contribution < -0.4 is 16.4 Å². The summed E-state index contributed by atoms with van der Waals surface area (Å²) in [6.45, 7) is 8.71. The minimum absolute atomic E-state index is 0. The van der Waals surface area contributed by atoms with Gasteiger partial charge in [-0.3, -0.25) is 57.7 Å². The number of ether oxygens (including phenoxy) is 3. The standard InChI is InChI=1S/C19H18O2.C17H16O2.C16H14O2.C11H13N3O4.C11H14N2O3.2CH4.P2S2/c1-19(10-11-19)18(20)21-12-17-15-8-4-2-6-13(15)14-7-3-5-9-16(14)17;1-2-17(18)19-11-16-14-9-5-3-7-12(14)13-8-4-6-10-15(13)16;1-11(17)18-10-16-14-8-4-2-6-12(14)13-7-3-5-9-15(13)16;12-10(18)11(4-5-11)13-7(15)3-6-14-8(16)1-2-9(14)17;1-11(5-6-11)12-8(14)4-7-13-9(15)2-3-10(13)16;;;3-1-2-4/h2-9,17H,10-12H2,1H3;3-10,16H,2,11H2,1H3;2-9,16H,10H2,1H3;1-2H,3-6H2,(H2,12,18)(H,13,15);2-3H,4-7H2,1H3,(H,12,14);2*1H4;. The van der Waals surface area contributed by atoms with Crippen LogP contribution in [0.2, 0.25) is 0 Å². The molecular formula is C76H83N5O13P2S2. The molecule has 2 heterocycles. The summed E-state index contributed by atoms with van der Waals surface area (Å²) in [4.78, 5) is 115. The number of rotatable bonds is 18. The molecule has 512 valence electrons. The zero-order valence-electron chi connectivity index (χ0n) is 53.8. The van der Waals surface area contributed by atoms with E-state index in [0.717, 1.165) is 61.7 Å². The van der Waals surface area contributed by atoms with Crippen molar-refractivity contribution in [3.8, 4) is 33.4 Å². The molecule has 14 rings (SSSR count). The smallest absolute Gasteiger partial charge is 0.311 e. The van der Waals surface area contributed by atoms with Gasteiger partial charge in [0.2, 0.25) is 17.7 Å². The van der Waals surface area contributed by atoms with Crippen molar-refractivity contribution in [2.24, 2.45) is 11.1 Å². The molecular weight excluding hydrogens is 1320 g/mol. The summed E-state index contributed by atoms with van der Waals surface area (Å²) in [6, 6.07) is 50.2. The van der Waals surface area contributed by atoms with E-state index >= 15 is 0 Å². The molecule has 0 atom stereocenters. The first-order valence-corrected chi connectivity index (χ1v) is 36.3. The topological polar surface area (TPSA) is 255 Å². The molecule has 4 N–H and O–H groups in total. The molecule has 0 aromatic heterocycles. The molecule has 0 radical (unpaired) electrons. The second-order valence-electron chi connectivity index (χ2n) is 24.8. The Labute approximate surface area is 586 Å². The molecule has 3 fully saturated rings. The molecule has 22 heteroatoms. The highest BCUT2D eigenvalue weighted by Crippen LogP contribution is 2.49. The molecule has 0 bridgehead atoms. The molecule has 7 amide bonds. The van der Waals surface area contributed by atoms with Gasteiger partial charge in [-0.25, -0.2) is 0 Å². The van der Waals surface area contributed by atoms with Crippen molar-refractivity contribution in [2.75, 3.05) is 32.9 Å². The van der Waals surface area contributed by atoms with Gasteiger partial charge >= 0.3 is 17.9 Å². The number of esters is 3. The predicted octanol–water partition coefficient (Wildman–Crippen LogP) is 12.7. The van der Waals surface area contributed by atoms with Gasteiger partial charge < -0.3 is 30.6 Å². The molecule has 6 aromatic rings. The van der Waals surface area contributed by atoms with Crippen molar-refractivity contribution in [1.29, 1.82) is 0 Å². The van der Waals surface area contributed by atoms with Crippen molar-refractivity contribution in [1.82, 2.24) is 20.4 Å². The van der Waals surface area contributed by atoms with Crippen molar-refractivity contribution in [2.45, 2.75) is 129 Å². The van der Waals surface area contributed by atoms with E-state index in [-0.39, 0.29) is 111 Å². The lowest BCUT2D eigenvalue weighted by molar-refractivity contribution is -0.150. The quantitative estimate of drug-likeness (QED) is 0.0313. The number of nitrogens with two attached hydrogens (primary N) is 1. The van der Waals surface area contributed by atoms with Crippen molar-refractivity contribution in [3.05, 3.63) is 203 Å². The maximum atomic E-state index is 12.1. The number of hydrogen-bond acceptors (Lipinski definition) is 15. The van der Waals surface area contributed by atoms with Crippen LogP contribution >= 0.6 is 14.1 Å². The van der Waals surface area contributed by atoms with Crippen LogP contribution in [0.15, 0.2) is 170 Å². The molecule has 2 aliphatic heterocycles. The molecule has 98 heavy (non-hydrogen) atoms. The van der Waals surface area contributed by atoms with Crippen LogP contribution in [-0.4, -0.2) is 113 Å². The zero-order chi connectivity index (χ0) is 68.7. The Kier molecular flexibility index (Phi) is 26.8. The third-order valence-corrected chi connectivity index (χ3v) is 20.6. The van der Waals surface area contributed by atoms with Crippen LogP contribution in [0.3, 0.4) is 0 Å². The van der Waals surface area contributed by atoms with E-state index in [1.807, 2.05) is 57.2 Å². The van der Waals surface area contributed by atoms with Gasteiger partial charge in [-0.05, 0) is 143 Å². The normalized spacial score (nSPS) is 16.3. The van der Waals surface area contributed by atoms with Crippen LogP contribution in [0.5, 0.6) is 0 Å². The van der Waals surface area contributed by atoms with Gasteiger partial charge in [0.25, 0.3) is 23.6 Å². The fourth-order valence-corrected chi connectivity index (χ4v) is 11.9. The number of carbonyl (C=O) groups excluding carboxylic acids is 10. The van der Waals surface area contributed by atoms with Crippen LogP contribution in [-0.2, 0) is 85.8 Å². The fraction of sp³-hybridized carbons (Fsp3) is 0.342. The summed E-state index contributed by atoms with van der Waals surface area (Å²) < 4.78 is 16.2. The average molecular weight is 1400 g/mol. The molecule has 3 saturated carbocycles. The zero-order valence-corrected chi connectivity index (χ0v) is 57.2. The Morgan fingerprint density at radius 3 is 1.06 bits per heavy atom. The number of nitrogens with zero attached hydrogens (tertiary/aromatic N) is 2. The average Bonchev–Trinajstić information content (AvgIpc) is 1.62. The van der Waals surface area contributed by atoms with Crippen LogP contribution in [0.1, 0.15) is 151 Å². The van der Waals surface area contributed by atoms with E-state index in [1.54, 1.807) is 0 Å². The third kappa shape index (κ3) is 19.0. The second kappa shape index (κ2) is 34.4. The highest BCUT2D eigenvalue weighted by Gasteiger charge is 2.50. The van der Waals surface area contributed by atoms with Crippen molar-refractivity contribution < 1.29 is 62.2 Å². The molecule has 18 nitrogen and oxygen atoms in total. The van der Waals surface area contributed by atoms with E-state index in [9.17, 15) is 47.9 Å². The number of imide groups is 2. The first-order chi connectivity index (χ1) is 46.1. The first kappa shape index (κ1) is 76.3. The summed E-state index contributed by atoms with van der Waals surface area (Å²) in [7, 11) is 1.74. The molecule has 0 saturated heterocycles. The van der Waals surface area contributed by atoms with E-state index in [4.69, 9.17) is 19.9 Å². The Hall–Kier alpha value is -9.06. The van der Waals surface area contributed by atoms with Gasteiger partial charge in [-0.2, -0.15) is 0 Å². The van der Waals surface area contributed by atoms with Gasteiger partial charge in [0.15, 0.2) is 0 Å². The Morgan fingerprint density at radius 2 is 0.786 bits per heavy atom. The Bertz CT molecular complexity index is 3910. The lowest BCUT2D eigenvalue weighted by atomic mass is 9.98. The molecule has 8 aliphatic rings. The summed E-state index contributed by atoms with van der Waals surface area (Å²) in [5, 5.41) is 5.41. The SMILES string of the molecule is C.C.CC(=O)OCC1c2ccccc2-c2ccccc21.CC1(C(=O)OCC2c3ccccc3-c3ccccc32)CC1.CC1(NC(=O)CCN2C(=O)C=CC2=O)CC1.CCC(=O)OCC1c2ccccc2-c2ccccc21.NC(=O)C1(NC(=O)CCN2C(=O)C=CC2=O)CC1.S=PP=S. The highest BCUT2D eigenvalue weighted by atomic mass is 32.7. The van der Waals surface area contributed by atoms with Crippen molar-refractivity contribution >= 4 is 97.0 Å². The number of nitrogens with one attached hydrogen (secondary N) is 2. The highest BCUT2D eigenvalue weighted by molar-refractivity contribution is 8.40. The number of carbonyl (C=O) groups is 10. The van der Waals surface area contributed by atoms with Crippen LogP contribution in [0, 0.1) is 5.41 Å². The predicted molar refractivity (Wildman–Crippen MR) is 385 cm³/mol. The fourth-order valence-electron chi connectivity index (χ4n) is 11.9. The van der Waals surface area contributed by atoms with Crippen LogP contribution in [0.25, 0.3) is 33.4 Å². The summed E-state index contributed by atoms with van der Waals surface area (Å²) in [6.07, 6.45) is 10.3. The maximum Gasteiger partial charge on any atom is 0.311 e. The number of fused-ring (bicyclic) bond motifs is 9. The monoisotopic (exact) mass is 1400 g/mol. The minimum Gasteiger partial charge on any atom is -0.465 e. The molecule has 0 unspecified atom stereocenters. The van der Waals surface area contributed by atoms with Gasteiger partial charge in [0.05, 0.1) is 5.41 Å². The van der Waals surface area contributed by atoms with Gasteiger partial charge in [-0.1, -0.05) is 167 Å². The summed E-state index contributed by atoms with van der Waals surface area (Å²) >= 11 is 8.82. The van der Waals surface area contributed by atoms with Gasteiger partial charge in [0, 0.05) is 101 Å². The number of benzene rings is 6. The lowest BCUT2D eigenvalue weighted by Gasteiger charge is -2.16. The number of hydrogen-bond donors (Lipinski definition) is 3. The second-order valence-corrected chi connectivity index (χ2v) is 29.0. The first-order valence-electron chi connectivity index (χ1n) is 31.8. The van der Waals surface area contributed by atoms with E-state index < -0.39 is 23.3 Å². The largest absolute Gasteiger partial charge is 0.465 e. The Morgan fingerprint density at radius 1 is 0.480 bits per heavy atom. The summed E-state index contributed by atoms with van der Waals surface area (Å²) in [5.41, 5.74) is 19.1. The molecule has 6 aliphatic carbocycles. The van der Waals surface area contributed by atoms with E-state index in [1.165, 1.54) is 85.8 Å².